The van der Waals surface area contributed by atoms with Gasteiger partial charge in [0.15, 0.2) is 6.10 Å². The van der Waals surface area contributed by atoms with Crippen molar-refractivity contribution in [3.63, 3.8) is 0 Å². The van der Waals surface area contributed by atoms with Crippen LogP contribution in [0.4, 0.5) is 0 Å². The molecule has 0 fully saturated rings. The molecule has 0 aromatic rings. The summed E-state index contributed by atoms with van der Waals surface area (Å²) in [6, 6.07) is 0. The quantitative estimate of drug-likeness (QED) is 0.0269. The molecule has 0 saturated carbocycles. The van der Waals surface area contributed by atoms with Crippen LogP contribution in [0.2, 0.25) is 0 Å². The van der Waals surface area contributed by atoms with E-state index in [0.29, 0.717) is 19.3 Å². The van der Waals surface area contributed by atoms with Gasteiger partial charge in [-0.3, -0.25) is 14.4 Å². The molecule has 0 radical (unpaired) electrons. The van der Waals surface area contributed by atoms with Gasteiger partial charge < -0.3 is 24.4 Å². The zero-order valence-corrected chi connectivity index (χ0v) is 40.1. The third-order valence-corrected chi connectivity index (χ3v) is 11.3. The van der Waals surface area contributed by atoms with E-state index >= 15 is 0 Å². The number of carbonyl (C=O) groups is 3. The molecular weight excluding hydrogens is 765 g/mol. The van der Waals surface area contributed by atoms with Crippen molar-refractivity contribution in [1.82, 2.24) is 0 Å². The average Bonchev–Trinajstić information content (AvgIpc) is 3.23. The number of esters is 3. The highest BCUT2D eigenvalue weighted by molar-refractivity contribution is 5.71. The van der Waals surface area contributed by atoms with E-state index in [1.165, 1.54) is 64.2 Å². The van der Waals surface area contributed by atoms with E-state index in [0.717, 1.165) is 134 Å². The SMILES string of the molecule is CCCCCCC(C)C/C=C/CCCCCCCC(=O)OCC(COC(=O)CCCCCCC/C=C/CC(O)CCCCCC)OC(=O)CCCCCCC/C=C/CC(C)O. The highest BCUT2D eigenvalue weighted by atomic mass is 16.6. The lowest BCUT2D eigenvalue weighted by Crippen LogP contribution is -2.30. The molecule has 61 heavy (non-hydrogen) atoms. The van der Waals surface area contributed by atoms with E-state index in [1.54, 1.807) is 6.92 Å². The predicted octanol–water partition coefficient (Wildman–Crippen LogP) is 14.3. The first-order chi connectivity index (χ1) is 29.7. The van der Waals surface area contributed by atoms with Crippen molar-refractivity contribution in [2.75, 3.05) is 13.2 Å². The van der Waals surface area contributed by atoms with E-state index in [4.69, 9.17) is 14.2 Å². The number of aliphatic hydroxyl groups is 2. The summed E-state index contributed by atoms with van der Waals surface area (Å²) in [5, 5.41) is 19.4. The van der Waals surface area contributed by atoms with Crippen LogP contribution in [0.25, 0.3) is 0 Å². The fourth-order valence-electron chi connectivity index (χ4n) is 7.25. The lowest BCUT2D eigenvalue weighted by Gasteiger charge is -2.18. The molecule has 8 heteroatoms. The van der Waals surface area contributed by atoms with Crippen LogP contribution in [0.5, 0.6) is 0 Å². The molecule has 0 saturated heterocycles. The summed E-state index contributed by atoms with van der Waals surface area (Å²) in [6.07, 6.45) is 45.7. The van der Waals surface area contributed by atoms with Crippen LogP contribution in [0.1, 0.15) is 246 Å². The summed E-state index contributed by atoms with van der Waals surface area (Å²) in [5.41, 5.74) is 0. The lowest BCUT2D eigenvalue weighted by atomic mass is 9.99. The second-order valence-electron chi connectivity index (χ2n) is 17.8. The maximum absolute atomic E-state index is 12.7. The van der Waals surface area contributed by atoms with E-state index < -0.39 is 6.10 Å². The first-order valence-corrected chi connectivity index (χ1v) is 25.5. The molecule has 0 spiro atoms. The summed E-state index contributed by atoms with van der Waals surface area (Å²) < 4.78 is 16.7. The largest absolute Gasteiger partial charge is 0.462 e. The Morgan fingerprint density at radius 2 is 0.836 bits per heavy atom. The third kappa shape index (κ3) is 45.4. The fraction of sp³-hybridized carbons (Fsp3) is 0.830. The van der Waals surface area contributed by atoms with Crippen molar-refractivity contribution in [2.24, 2.45) is 5.92 Å². The van der Waals surface area contributed by atoms with Crippen molar-refractivity contribution >= 4 is 17.9 Å². The van der Waals surface area contributed by atoms with Crippen LogP contribution in [0, 0.1) is 5.92 Å². The number of allylic oxidation sites excluding steroid dienone is 4. The van der Waals surface area contributed by atoms with Gasteiger partial charge in [-0.25, -0.2) is 0 Å². The van der Waals surface area contributed by atoms with Gasteiger partial charge in [0.2, 0.25) is 0 Å². The summed E-state index contributed by atoms with van der Waals surface area (Å²) in [4.78, 5) is 37.9. The Morgan fingerprint density at radius 1 is 0.443 bits per heavy atom. The van der Waals surface area contributed by atoms with Crippen molar-refractivity contribution in [3.05, 3.63) is 36.5 Å². The molecule has 4 atom stereocenters. The maximum atomic E-state index is 12.7. The Labute approximate surface area is 375 Å². The molecule has 2 N–H and O–H groups in total. The third-order valence-electron chi connectivity index (χ3n) is 11.3. The molecule has 0 aliphatic carbocycles. The van der Waals surface area contributed by atoms with E-state index in [-0.39, 0.29) is 49.8 Å². The monoisotopic (exact) mass is 861 g/mol. The molecule has 356 valence electrons. The van der Waals surface area contributed by atoms with Gasteiger partial charge in [0.25, 0.3) is 0 Å². The molecule has 0 amide bonds. The number of hydrogen-bond donors (Lipinski definition) is 2. The van der Waals surface area contributed by atoms with Gasteiger partial charge in [-0.05, 0) is 96.3 Å². The summed E-state index contributed by atoms with van der Waals surface area (Å²) in [7, 11) is 0. The number of carbonyl (C=O) groups excluding carboxylic acids is 3. The molecule has 4 unspecified atom stereocenters. The van der Waals surface area contributed by atoms with Crippen molar-refractivity contribution in [2.45, 2.75) is 264 Å². The van der Waals surface area contributed by atoms with Gasteiger partial charge in [0, 0.05) is 19.3 Å². The zero-order chi connectivity index (χ0) is 44.9. The van der Waals surface area contributed by atoms with Crippen molar-refractivity contribution in [3.8, 4) is 0 Å². The molecule has 0 rings (SSSR count). The fourth-order valence-corrected chi connectivity index (χ4v) is 7.25. The van der Waals surface area contributed by atoms with Gasteiger partial charge >= 0.3 is 17.9 Å². The number of hydrogen-bond acceptors (Lipinski definition) is 8. The van der Waals surface area contributed by atoms with Gasteiger partial charge in [-0.2, -0.15) is 0 Å². The summed E-state index contributed by atoms with van der Waals surface area (Å²) >= 11 is 0. The Bertz CT molecular complexity index is 1020. The number of ether oxygens (including phenoxy) is 3. The minimum Gasteiger partial charge on any atom is -0.462 e. The Morgan fingerprint density at radius 3 is 1.31 bits per heavy atom. The van der Waals surface area contributed by atoms with Crippen LogP contribution < -0.4 is 0 Å². The topological polar surface area (TPSA) is 119 Å². The van der Waals surface area contributed by atoms with Gasteiger partial charge in [-0.1, -0.05) is 173 Å². The van der Waals surface area contributed by atoms with Crippen LogP contribution in [0.15, 0.2) is 36.5 Å². The lowest BCUT2D eigenvalue weighted by molar-refractivity contribution is -0.167. The molecule has 8 nitrogen and oxygen atoms in total. The van der Waals surface area contributed by atoms with Crippen molar-refractivity contribution < 1.29 is 38.8 Å². The van der Waals surface area contributed by atoms with Crippen LogP contribution in [-0.4, -0.2) is 59.6 Å². The summed E-state index contributed by atoms with van der Waals surface area (Å²) in [6.45, 7) is 8.37. The number of rotatable bonds is 45. The molecule has 0 aromatic heterocycles. The zero-order valence-electron chi connectivity index (χ0n) is 40.1. The van der Waals surface area contributed by atoms with Gasteiger partial charge in [0.05, 0.1) is 12.2 Å². The number of unbranched alkanes of at least 4 members (excludes halogenated alkanes) is 21. The first-order valence-electron chi connectivity index (χ1n) is 25.5. The Hall–Kier alpha value is -2.45. The first kappa shape index (κ1) is 58.6. The normalized spacial score (nSPS) is 13.9. The standard InChI is InChI=1S/C53H96O8/c1-5-7-9-29-37-47(3)38-30-23-17-11-14-20-26-34-42-51(56)59-45-50(61-53(58)44-36-28-22-15-12-18-24-31-39-48(4)54)46-60-52(57)43-35-27-21-16-13-19-25-33-41-49(55)40-32-10-8-6-2/h23-25,30-31,33,47-50,54-55H,5-22,26-29,32,34-46H2,1-4H3/b30-23+,31-24+,33-25+. The Kier molecular flexibility index (Phi) is 43.7. The van der Waals surface area contributed by atoms with Crippen LogP contribution >= 0.6 is 0 Å². The molecule has 0 bridgehead atoms. The molecule has 0 aliphatic rings. The predicted molar refractivity (Wildman–Crippen MR) is 254 cm³/mol. The smallest absolute Gasteiger partial charge is 0.306 e. The molecule has 0 aliphatic heterocycles. The minimum absolute atomic E-state index is 0.115. The van der Waals surface area contributed by atoms with Crippen LogP contribution in [-0.2, 0) is 28.6 Å². The molecule has 0 heterocycles. The van der Waals surface area contributed by atoms with Crippen LogP contribution in [0.3, 0.4) is 0 Å². The second-order valence-corrected chi connectivity index (χ2v) is 17.8. The maximum Gasteiger partial charge on any atom is 0.306 e. The van der Waals surface area contributed by atoms with E-state index in [1.807, 2.05) is 6.08 Å². The average molecular weight is 861 g/mol. The molecule has 0 aromatic carbocycles. The number of aliphatic hydroxyl groups excluding tert-OH is 2. The minimum atomic E-state index is -0.818. The van der Waals surface area contributed by atoms with Crippen molar-refractivity contribution in [1.29, 1.82) is 0 Å². The second kappa shape index (κ2) is 45.6. The van der Waals surface area contributed by atoms with E-state index in [9.17, 15) is 24.6 Å². The Balaban J connectivity index is 4.45. The molecular formula is C53H96O8. The van der Waals surface area contributed by atoms with E-state index in [2.05, 4.69) is 51.2 Å². The highest BCUT2D eigenvalue weighted by Gasteiger charge is 2.19. The summed E-state index contributed by atoms with van der Waals surface area (Å²) in [5.74, 6) is -0.236. The van der Waals surface area contributed by atoms with Gasteiger partial charge in [0.1, 0.15) is 13.2 Å². The highest BCUT2D eigenvalue weighted by Crippen LogP contribution is 2.16. The van der Waals surface area contributed by atoms with Gasteiger partial charge in [-0.15, -0.1) is 0 Å².